The van der Waals surface area contributed by atoms with Crippen LogP contribution in [0.25, 0.3) is 0 Å². The molecule has 0 aromatic carbocycles. The first-order chi connectivity index (χ1) is 6.15. The van der Waals surface area contributed by atoms with Crippen molar-refractivity contribution >= 4 is 0 Å². The molecule has 1 aliphatic rings. The minimum atomic E-state index is 0.605. The molecular formula is C13H18. The monoisotopic (exact) mass is 174 g/mol. The fourth-order valence-electron chi connectivity index (χ4n) is 1.49. The van der Waals surface area contributed by atoms with Crippen LogP contribution in [0.4, 0.5) is 0 Å². The van der Waals surface area contributed by atoms with E-state index in [-0.39, 0.29) is 0 Å². The lowest BCUT2D eigenvalue weighted by Crippen LogP contribution is -2.01. The van der Waals surface area contributed by atoms with Crippen molar-refractivity contribution < 1.29 is 0 Å². The molecule has 0 aliphatic heterocycles. The second-order valence-electron chi connectivity index (χ2n) is 3.67. The van der Waals surface area contributed by atoms with E-state index in [0.29, 0.717) is 5.92 Å². The first-order valence-corrected chi connectivity index (χ1v) is 4.82. The Labute approximate surface area is 81.4 Å². The zero-order valence-electron chi connectivity index (χ0n) is 8.80. The Hall–Kier alpha value is -1.04. The largest absolute Gasteiger partial charge is 0.0955 e. The highest BCUT2D eigenvalue weighted by Crippen LogP contribution is 2.25. The van der Waals surface area contributed by atoms with E-state index < -0.39 is 0 Å². The first kappa shape index (κ1) is 10.0. The Bertz CT molecular complexity index is 287. The van der Waals surface area contributed by atoms with Gasteiger partial charge in [-0.05, 0) is 32.8 Å². The summed E-state index contributed by atoms with van der Waals surface area (Å²) < 4.78 is 0. The summed E-state index contributed by atoms with van der Waals surface area (Å²) >= 11 is 0. The summed E-state index contributed by atoms with van der Waals surface area (Å²) in [6.45, 7) is 10.3. The van der Waals surface area contributed by atoms with Gasteiger partial charge in [-0.25, -0.2) is 0 Å². The average molecular weight is 174 g/mol. The quantitative estimate of drug-likeness (QED) is 0.554. The Morgan fingerprint density at radius 3 is 2.62 bits per heavy atom. The minimum Gasteiger partial charge on any atom is -0.0955 e. The SMILES string of the molecule is C=C(C)C1=CC[C@H](/C(C)=C/C)C=C1. The molecule has 1 rings (SSSR count). The van der Waals surface area contributed by atoms with E-state index in [1.54, 1.807) is 0 Å². The van der Waals surface area contributed by atoms with Gasteiger partial charge >= 0.3 is 0 Å². The van der Waals surface area contributed by atoms with E-state index in [2.05, 4.69) is 51.7 Å². The van der Waals surface area contributed by atoms with Gasteiger partial charge in [0.2, 0.25) is 0 Å². The van der Waals surface area contributed by atoms with Crippen LogP contribution in [0.2, 0.25) is 0 Å². The summed E-state index contributed by atoms with van der Waals surface area (Å²) in [5, 5.41) is 0. The molecule has 0 radical (unpaired) electrons. The highest BCUT2D eigenvalue weighted by Gasteiger charge is 2.09. The maximum absolute atomic E-state index is 3.93. The highest BCUT2D eigenvalue weighted by molar-refractivity contribution is 5.40. The first-order valence-electron chi connectivity index (χ1n) is 4.82. The molecule has 13 heavy (non-hydrogen) atoms. The summed E-state index contributed by atoms with van der Waals surface area (Å²) in [4.78, 5) is 0. The molecule has 0 nitrogen and oxygen atoms in total. The molecule has 1 aliphatic carbocycles. The summed E-state index contributed by atoms with van der Waals surface area (Å²) in [5.41, 5.74) is 3.90. The van der Waals surface area contributed by atoms with Crippen LogP contribution >= 0.6 is 0 Å². The van der Waals surface area contributed by atoms with Gasteiger partial charge in [-0.15, -0.1) is 0 Å². The second kappa shape index (κ2) is 4.27. The van der Waals surface area contributed by atoms with Crippen molar-refractivity contribution in [2.45, 2.75) is 27.2 Å². The second-order valence-corrected chi connectivity index (χ2v) is 3.67. The van der Waals surface area contributed by atoms with Crippen molar-refractivity contribution in [1.29, 1.82) is 0 Å². The summed E-state index contributed by atoms with van der Waals surface area (Å²) in [7, 11) is 0. The average Bonchev–Trinajstić information content (AvgIpc) is 2.17. The normalized spacial score (nSPS) is 22.8. The van der Waals surface area contributed by atoms with Crippen LogP contribution in [0, 0.1) is 5.92 Å². The Balaban J connectivity index is 2.69. The number of hydrogen-bond acceptors (Lipinski definition) is 0. The lowest BCUT2D eigenvalue weighted by molar-refractivity contribution is 0.759. The molecule has 0 unspecified atom stereocenters. The van der Waals surface area contributed by atoms with Crippen LogP contribution in [0.3, 0.4) is 0 Å². The van der Waals surface area contributed by atoms with Crippen LogP contribution in [0.15, 0.2) is 47.6 Å². The third kappa shape index (κ3) is 2.45. The van der Waals surface area contributed by atoms with E-state index in [4.69, 9.17) is 0 Å². The standard InChI is InChI=1S/C13H18/c1-5-11(4)13-8-6-12(7-9-13)10(2)3/h5-8,13H,2,9H2,1,3-4H3/b11-5+/t13-/m1/s1. The summed E-state index contributed by atoms with van der Waals surface area (Å²) in [6.07, 6.45) is 10.0. The van der Waals surface area contributed by atoms with Crippen molar-refractivity contribution in [2.24, 2.45) is 5.92 Å². The van der Waals surface area contributed by atoms with E-state index in [1.807, 2.05) is 0 Å². The molecular weight excluding hydrogens is 156 g/mol. The molecule has 70 valence electrons. The van der Waals surface area contributed by atoms with Gasteiger partial charge in [0.25, 0.3) is 0 Å². The van der Waals surface area contributed by atoms with Gasteiger partial charge in [0.05, 0.1) is 0 Å². The Kier molecular flexibility index (Phi) is 3.30. The smallest absolute Gasteiger partial charge is 0.00120 e. The van der Waals surface area contributed by atoms with Crippen LogP contribution in [-0.2, 0) is 0 Å². The summed E-state index contributed by atoms with van der Waals surface area (Å²) in [5.74, 6) is 0.605. The van der Waals surface area contributed by atoms with Crippen LogP contribution < -0.4 is 0 Å². The van der Waals surface area contributed by atoms with E-state index in [9.17, 15) is 0 Å². The van der Waals surface area contributed by atoms with Crippen LogP contribution in [0.1, 0.15) is 27.2 Å². The lowest BCUT2D eigenvalue weighted by Gasteiger charge is -2.16. The van der Waals surface area contributed by atoms with Gasteiger partial charge in [-0.1, -0.05) is 42.0 Å². The van der Waals surface area contributed by atoms with Crippen LogP contribution in [0.5, 0.6) is 0 Å². The predicted molar refractivity (Wildman–Crippen MR) is 59.6 cm³/mol. The van der Waals surface area contributed by atoms with E-state index in [0.717, 1.165) is 12.0 Å². The lowest BCUT2D eigenvalue weighted by atomic mass is 9.89. The topological polar surface area (TPSA) is 0 Å². The zero-order valence-corrected chi connectivity index (χ0v) is 8.80. The maximum Gasteiger partial charge on any atom is 0.00120 e. The molecule has 0 saturated carbocycles. The molecule has 0 fully saturated rings. The molecule has 0 aromatic rings. The molecule has 0 saturated heterocycles. The molecule has 0 heterocycles. The zero-order chi connectivity index (χ0) is 9.84. The van der Waals surface area contributed by atoms with Gasteiger partial charge in [0, 0.05) is 5.92 Å². The fraction of sp³-hybridized carbons (Fsp3) is 0.385. The van der Waals surface area contributed by atoms with Crippen molar-refractivity contribution in [3.8, 4) is 0 Å². The maximum atomic E-state index is 3.93. The molecule has 1 atom stereocenters. The Morgan fingerprint density at radius 2 is 2.23 bits per heavy atom. The van der Waals surface area contributed by atoms with Gasteiger partial charge in [-0.2, -0.15) is 0 Å². The third-order valence-corrected chi connectivity index (χ3v) is 2.63. The van der Waals surface area contributed by atoms with Crippen molar-refractivity contribution in [1.82, 2.24) is 0 Å². The number of allylic oxidation sites excluding steroid dienone is 7. The van der Waals surface area contributed by atoms with E-state index in [1.165, 1.54) is 11.1 Å². The van der Waals surface area contributed by atoms with Crippen molar-refractivity contribution in [3.63, 3.8) is 0 Å². The fourth-order valence-corrected chi connectivity index (χ4v) is 1.49. The molecule has 0 spiro atoms. The predicted octanol–water partition coefficient (Wildman–Crippen LogP) is 4.03. The molecule has 0 heteroatoms. The van der Waals surface area contributed by atoms with Crippen molar-refractivity contribution in [2.75, 3.05) is 0 Å². The van der Waals surface area contributed by atoms with Crippen LogP contribution in [-0.4, -0.2) is 0 Å². The molecule has 0 N–H and O–H groups in total. The van der Waals surface area contributed by atoms with Crippen molar-refractivity contribution in [3.05, 3.63) is 47.6 Å². The summed E-state index contributed by atoms with van der Waals surface area (Å²) in [6, 6.07) is 0. The third-order valence-electron chi connectivity index (χ3n) is 2.63. The van der Waals surface area contributed by atoms with Gasteiger partial charge in [0.1, 0.15) is 0 Å². The molecule has 0 amide bonds. The van der Waals surface area contributed by atoms with Gasteiger partial charge < -0.3 is 0 Å². The number of hydrogen-bond donors (Lipinski definition) is 0. The highest BCUT2D eigenvalue weighted by atomic mass is 14.1. The number of rotatable bonds is 2. The Morgan fingerprint density at radius 1 is 1.54 bits per heavy atom. The van der Waals surface area contributed by atoms with E-state index >= 15 is 0 Å². The minimum absolute atomic E-state index is 0.605. The van der Waals surface area contributed by atoms with Gasteiger partial charge in [-0.3, -0.25) is 0 Å². The molecule has 0 bridgehead atoms. The molecule has 0 aromatic heterocycles. The van der Waals surface area contributed by atoms with Gasteiger partial charge in [0.15, 0.2) is 0 Å².